The summed E-state index contributed by atoms with van der Waals surface area (Å²) in [6, 6.07) is 6.66. The summed E-state index contributed by atoms with van der Waals surface area (Å²) in [5.74, 6) is 0.672. The maximum absolute atomic E-state index is 12.9. The molecule has 0 spiro atoms. The van der Waals surface area contributed by atoms with Crippen molar-refractivity contribution >= 4 is 5.96 Å². The number of hydrogen-bond acceptors (Lipinski definition) is 2. The molecule has 1 aliphatic carbocycles. The lowest BCUT2D eigenvalue weighted by molar-refractivity contribution is 0.129. The van der Waals surface area contributed by atoms with Crippen LogP contribution in [0.1, 0.15) is 38.7 Å². The number of rotatable bonds is 10. The van der Waals surface area contributed by atoms with Gasteiger partial charge in [0.1, 0.15) is 5.82 Å². The van der Waals surface area contributed by atoms with E-state index in [-0.39, 0.29) is 5.82 Å². The van der Waals surface area contributed by atoms with E-state index in [0.717, 1.165) is 57.2 Å². The average molecular weight is 335 g/mol. The Bertz CT molecular complexity index is 512. The third-order valence-electron chi connectivity index (χ3n) is 4.47. The fourth-order valence-corrected chi connectivity index (χ4v) is 2.66. The summed E-state index contributed by atoms with van der Waals surface area (Å²) in [5, 5.41) is 6.66. The van der Waals surface area contributed by atoms with Crippen LogP contribution in [0.2, 0.25) is 0 Å². The van der Waals surface area contributed by atoms with Gasteiger partial charge in [0, 0.05) is 32.8 Å². The fraction of sp³-hybridized carbons (Fsp3) is 0.632. The van der Waals surface area contributed by atoms with Crippen molar-refractivity contribution in [2.24, 2.45) is 10.4 Å². The van der Waals surface area contributed by atoms with Crippen molar-refractivity contribution in [3.8, 4) is 0 Å². The second-order valence-corrected chi connectivity index (χ2v) is 6.45. The minimum atomic E-state index is -0.191. The summed E-state index contributed by atoms with van der Waals surface area (Å²) in [6.07, 6.45) is 4.44. The Hall–Kier alpha value is -1.62. The van der Waals surface area contributed by atoms with Crippen LogP contribution in [-0.4, -0.2) is 38.8 Å². The summed E-state index contributed by atoms with van der Waals surface area (Å²) >= 11 is 0. The Morgan fingerprint density at radius 2 is 1.96 bits per heavy atom. The third-order valence-corrected chi connectivity index (χ3v) is 4.47. The smallest absolute Gasteiger partial charge is 0.191 e. The van der Waals surface area contributed by atoms with Gasteiger partial charge in [0.2, 0.25) is 0 Å². The van der Waals surface area contributed by atoms with E-state index in [9.17, 15) is 4.39 Å². The van der Waals surface area contributed by atoms with Crippen LogP contribution in [0.15, 0.2) is 29.3 Å². The van der Waals surface area contributed by atoms with Gasteiger partial charge >= 0.3 is 0 Å². The Labute approximate surface area is 144 Å². The van der Waals surface area contributed by atoms with Gasteiger partial charge in [-0.1, -0.05) is 12.1 Å². The van der Waals surface area contributed by atoms with Crippen molar-refractivity contribution in [1.29, 1.82) is 0 Å². The maximum Gasteiger partial charge on any atom is 0.191 e. The summed E-state index contributed by atoms with van der Waals surface area (Å²) in [6.45, 7) is 8.20. The lowest BCUT2D eigenvalue weighted by atomic mass is 10.0. The van der Waals surface area contributed by atoms with Crippen molar-refractivity contribution in [3.05, 3.63) is 35.6 Å². The van der Waals surface area contributed by atoms with Crippen LogP contribution in [0.25, 0.3) is 0 Å². The quantitative estimate of drug-likeness (QED) is 0.392. The SMILES string of the molecule is CCNC(=NCC1(CCOCC)CC1)NCCc1ccc(F)cc1. The van der Waals surface area contributed by atoms with Crippen LogP contribution in [-0.2, 0) is 11.2 Å². The van der Waals surface area contributed by atoms with E-state index in [1.165, 1.54) is 25.0 Å². The van der Waals surface area contributed by atoms with Crippen LogP contribution in [0.3, 0.4) is 0 Å². The molecule has 1 saturated carbocycles. The zero-order chi connectivity index (χ0) is 17.3. The van der Waals surface area contributed by atoms with E-state index < -0.39 is 0 Å². The topological polar surface area (TPSA) is 45.7 Å². The number of guanidine groups is 1. The summed E-state index contributed by atoms with van der Waals surface area (Å²) in [4.78, 5) is 4.75. The molecule has 0 heterocycles. The van der Waals surface area contributed by atoms with Crippen molar-refractivity contribution in [2.45, 2.75) is 39.5 Å². The molecule has 5 heteroatoms. The second kappa shape index (κ2) is 9.62. The Balaban J connectivity index is 1.77. The predicted molar refractivity (Wildman–Crippen MR) is 96.9 cm³/mol. The first-order valence-corrected chi connectivity index (χ1v) is 9.02. The highest BCUT2D eigenvalue weighted by atomic mass is 19.1. The molecule has 0 aliphatic heterocycles. The number of benzene rings is 1. The van der Waals surface area contributed by atoms with E-state index in [1.807, 2.05) is 19.1 Å². The van der Waals surface area contributed by atoms with Crippen molar-refractivity contribution in [1.82, 2.24) is 10.6 Å². The number of aliphatic imine (C=N–C) groups is 1. The van der Waals surface area contributed by atoms with Gasteiger partial charge in [-0.15, -0.1) is 0 Å². The van der Waals surface area contributed by atoms with Crippen LogP contribution in [0, 0.1) is 11.2 Å². The molecule has 0 radical (unpaired) electrons. The fourth-order valence-electron chi connectivity index (χ4n) is 2.66. The standard InChI is InChI=1S/C19H30FN3O/c1-3-21-18(22-13-9-16-5-7-17(20)8-6-16)23-15-19(10-11-19)12-14-24-4-2/h5-8H,3-4,9-15H2,1-2H3,(H2,21,22,23). The molecule has 2 N–H and O–H groups in total. The predicted octanol–water partition coefficient (Wildman–Crippen LogP) is 3.13. The molecule has 2 rings (SSSR count). The van der Waals surface area contributed by atoms with E-state index in [2.05, 4.69) is 17.6 Å². The zero-order valence-corrected chi connectivity index (χ0v) is 14.9. The monoisotopic (exact) mass is 335 g/mol. The molecule has 1 aliphatic rings. The molecule has 1 aromatic carbocycles. The Morgan fingerprint density at radius 1 is 1.21 bits per heavy atom. The highest BCUT2D eigenvalue weighted by Gasteiger charge is 2.41. The van der Waals surface area contributed by atoms with Crippen LogP contribution >= 0.6 is 0 Å². The van der Waals surface area contributed by atoms with Gasteiger partial charge in [-0.05, 0) is 62.6 Å². The highest BCUT2D eigenvalue weighted by Crippen LogP contribution is 2.48. The van der Waals surface area contributed by atoms with E-state index in [4.69, 9.17) is 9.73 Å². The normalized spacial score (nSPS) is 16.0. The molecule has 0 bridgehead atoms. The van der Waals surface area contributed by atoms with Crippen molar-refractivity contribution in [2.75, 3.05) is 32.8 Å². The first-order chi connectivity index (χ1) is 11.7. The van der Waals surface area contributed by atoms with Gasteiger partial charge in [-0.25, -0.2) is 4.39 Å². The van der Waals surface area contributed by atoms with Crippen molar-refractivity contribution < 1.29 is 9.13 Å². The second-order valence-electron chi connectivity index (χ2n) is 6.45. The van der Waals surface area contributed by atoms with Gasteiger partial charge in [0.05, 0.1) is 0 Å². The van der Waals surface area contributed by atoms with E-state index >= 15 is 0 Å². The minimum Gasteiger partial charge on any atom is -0.382 e. The highest BCUT2D eigenvalue weighted by molar-refractivity contribution is 5.79. The molecule has 4 nitrogen and oxygen atoms in total. The largest absolute Gasteiger partial charge is 0.382 e. The third kappa shape index (κ3) is 6.48. The Kier molecular flexibility index (Phi) is 7.50. The summed E-state index contributed by atoms with van der Waals surface area (Å²) < 4.78 is 18.4. The van der Waals surface area contributed by atoms with Gasteiger partial charge in [0.25, 0.3) is 0 Å². The number of ether oxygens (including phenoxy) is 1. The molecule has 24 heavy (non-hydrogen) atoms. The van der Waals surface area contributed by atoms with E-state index in [1.54, 1.807) is 0 Å². The molecule has 1 aromatic rings. The van der Waals surface area contributed by atoms with Crippen LogP contribution in [0.5, 0.6) is 0 Å². The number of nitrogens with one attached hydrogen (secondary N) is 2. The number of nitrogens with zero attached hydrogens (tertiary/aromatic N) is 1. The maximum atomic E-state index is 12.9. The molecule has 0 saturated heterocycles. The van der Waals surface area contributed by atoms with Crippen LogP contribution in [0.4, 0.5) is 4.39 Å². The van der Waals surface area contributed by atoms with Gasteiger partial charge in [-0.2, -0.15) is 0 Å². The zero-order valence-electron chi connectivity index (χ0n) is 14.9. The molecule has 134 valence electrons. The average Bonchev–Trinajstić information content (AvgIpc) is 3.35. The lowest BCUT2D eigenvalue weighted by Crippen LogP contribution is -2.38. The minimum absolute atomic E-state index is 0.191. The first-order valence-electron chi connectivity index (χ1n) is 9.02. The van der Waals surface area contributed by atoms with E-state index in [0.29, 0.717) is 5.41 Å². The van der Waals surface area contributed by atoms with Gasteiger partial charge in [-0.3, -0.25) is 4.99 Å². The molecule has 1 fully saturated rings. The molecule has 0 amide bonds. The molecular formula is C19H30FN3O. The van der Waals surface area contributed by atoms with Crippen molar-refractivity contribution in [3.63, 3.8) is 0 Å². The lowest BCUT2D eigenvalue weighted by Gasteiger charge is -2.15. The van der Waals surface area contributed by atoms with Gasteiger partial charge < -0.3 is 15.4 Å². The summed E-state index contributed by atoms with van der Waals surface area (Å²) in [5.41, 5.74) is 1.48. The van der Waals surface area contributed by atoms with Gasteiger partial charge in [0.15, 0.2) is 5.96 Å². The molecule has 0 unspecified atom stereocenters. The Morgan fingerprint density at radius 3 is 2.58 bits per heavy atom. The summed E-state index contributed by atoms with van der Waals surface area (Å²) in [7, 11) is 0. The van der Waals surface area contributed by atoms with Crippen LogP contribution < -0.4 is 10.6 Å². The number of hydrogen-bond donors (Lipinski definition) is 2. The number of halogens is 1. The first kappa shape index (κ1) is 18.7. The molecule has 0 atom stereocenters. The molecular weight excluding hydrogens is 305 g/mol. The molecule has 0 aromatic heterocycles.